The second kappa shape index (κ2) is 5.50. The summed E-state index contributed by atoms with van der Waals surface area (Å²) in [5, 5.41) is 0. The molecule has 1 fully saturated rings. The number of carbonyl (C=O) groups is 1. The van der Waals surface area contributed by atoms with E-state index >= 15 is 0 Å². The third-order valence-corrected chi connectivity index (χ3v) is 3.20. The summed E-state index contributed by atoms with van der Waals surface area (Å²) in [7, 11) is 0. The molecule has 0 aliphatic carbocycles. The molecule has 98 valence electrons. The van der Waals surface area contributed by atoms with Gasteiger partial charge in [0.15, 0.2) is 0 Å². The summed E-state index contributed by atoms with van der Waals surface area (Å²) in [5.74, 6) is -0.303. The number of ether oxygens (including phenoxy) is 1. The first-order valence-electron chi connectivity index (χ1n) is 6.31. The Morgan fingerprint density at radius 1 is 1.28 bits per heavy atom. The van der Waals surface area contributed by atoms with E-state index in [-0.39, 0.29) is 24.2 Å². The lowest BCUT2D eigenvalue weighted by Crippen LogP contribution is -2.50. The molecular formula is C14H20N2O2. The maximum Gasteiger partial charge on any atom is 0.239 e. The number of nitrogens with two attached hydrogens (primary N) is 1. The number of hydrogen-bond donors (Lipinski definition) is 1. The fourth-order valence-corrected chi connectivity index (χ4v) is 2.62. The average Bonchev–Trinajstić information content (AvgIpc) is 2.28. The minimum absolute atomic E-state index is 0.124. The molecule has 3 atom stereocenters. The molecule has 0 bridgehead atoms. The van der Waals surface area contributed by atoms with Crippen LogP contribution >= 0.6 is 0 Å². The number of hydrogen-bond acceptors (Lipinski definition) is 3. The Morgan fingerprint density at radius 2 is 1.83 bits per heavy atom. The largest absolute Gasteiger partial charge is 0.373 e. The molecule has 2 N–H and O–H groups in total. The SMILES string of the molecule is C[C@@H]1CN([C@@H](C(N)=O)c2ccccc2)C[C@@H](C)O1. The molecular weight excluding hydrogens is 228 g/mol. The van der Waals surface area contributed by atoms with Gasteiger partial charge < -0.3 is 10.5 Å². The molecule has 0 aromatic heterocycles. The van der Waals surface area contributed by atoms with Gasteiger partial charge in [-0.2, -0.15) is 0 Å². The van der Waals surface area contributed by atoms with Crippen molar-refractivity contribution >= 4 is 5.91 Å². The molecule has 4 heteroatoms. The highest BCUT2D eigenvalue weighted by Gasteiger charge is 2.31. The van der Waals surface area contributed by atoms with Gasteiger partial charge in [0, 0.05) is 13.1 Å². The van der Waals surface area contributed by atoms with Crippen LogP contribution in [0.1, 0.15) is 25.5 Å². The van der Waals surface area contributed by atoms with Gasteiger partial charge in [0.2, 0.25) is 5.91 Å². The first-order chi connectivity index (χ1) is 8.58. The third kappa shape index (κ3) is 2.89. The van der Waals surface area contributed by atoms with E-state index in [0.717, 1.165) is 18.7 Å². The molecule has 1 aliphatic heterocycles. The summed E-state index contributed by atoms with van der Waals surface area (Å²) in [6.07, 6.45) is 0.249. The number of nitrogens with zero attached hydrogens (tertiary/aromatic N) is 1. The molecule has 1 saturated heterocycles. The van der Waals surface area contributed by atoms with Crippen LogP contribution in [0.25, 0.3) is 0 Å². The van der Waals surface area contributed by atoms with E-state index in [4.69, 9.17) is 10.5 Å². The predicted octanol–water partition coefficient (Wildman–Crippen LogP) is 1.32. The molecule has 0 radical (unpaired) electrons. The van der Waals surface area contributed by atoms with Gasteiger partial charge in [-0.25, -0.2) is 0 Å². The Labute approximate surface area is 108 Å². The maximum absolute atomic E-state index is 11.8. The zero-order valence-corrected chi connectivity index (χ0v) is 10.9. The number of amides is 1. The van der Waals surface area contributed by atoms with Gasteiger partial charge in [-0.1, -0.05) is 30.3 Å². The fourth-order valence-electron chi connectivity index (χ4n) is 2.62. The predicted molar refractivity (Wildman–Crippen MR) is 70.0 cm³/mol. The maximum atomic E-state index is 11.8. The first kappa shape index (κ1) is 13.1. The van der Waals surface area contributed by atoms with Gasteiger partial charge in [-0.15, -0.1) is 0 Å². The molecule has 2 rings (SSSR count). The van der Waals surface area contributed by atoms with Crippen LogP contribution in [0.15, 0.2) is 30.3 Å². The van der Waals surface area contributed by atoms with E-state index < -0.39 is 0 Å². The molecule has 0 spiro atoms. The van der Waals surface area contributed by atoms with Crippen molar-refractivity contribution in [3.05, 3.63) is 35.9 Å². The van der Waals surface area contributed by atoms with Crippen molar-refractivity contribution in [1.29, 1.82) is 0 Å². The van der Waals surface area contributed by atoms with Crippen LogP contribution < -0.4 is 5.73 Å². The Bertz CT molecular complexity index is 398. The Balaban J connectivity index is 2.23. The molecule has 0 saturated carbocycles. The molecule has 1 heterocycles. The van der Waals surface area contributed by atoms with E-state index in [0.29, 0.717) is 0 Å². The highest BCUT2D eigenvalue weighted by molar-refractivity contribution is 5.81. The summed E-state index contributed by atoms with van der Waals surface area (Å²) < 4.78 is 5.69. The van der Waals surface area contributed by atoms with Crippen LogP contribution in [-0.2, 0) is 9.53 Å². The lowest BCUT2D eigenvalue weighted by molar-refractivity contribution is -0.130. The van der Waals surface area contributed by atoms with Crippen LogP contribution in [0, 0.1) is 0 Å². The number of primary amides is 1. The van der Waals surface area contributed by atoms with Gasteiger partial charge >= 0.3 is 0 Å². The molecule has 18 heavy (non-hydrogen) atoms. The number of rotatable bonds is 3. The molecule has 4 nitrogen and oxygen atoms in total. The monoisotopic (exact) mass is 248 g/mol. The van der Waals surface area contributed by atoms with Crippen LogP contribution in [0.5, 0.6) is 0 Å². The zero-order valence-electron chi connectivity index (χ0n) is 10.9. The van der Waals surface area contributed by atoms with Crippen molar-refractivity contribution < 1.29 is 9.53 Å². The first-order valence-corrected chi connectivity index (χ1v) is 6.31. The van der Waals surface area contributed by atoms with Gasteiger partial charge in [-0.3, -0.25) is 9.69 Å². The average molecular weight is 248 g/mol. The standard InChI is InChI=1S/C14H20N2O2/c1-10-8-16(9-11(2)18-10)13(14(15)17)12-6-4-3-5-7-12/h3-7,10-11,13H,8-9H2,1-2H3,(H2,15,17)/t10-,11-,13-/m1/s1. The van der Waals surface area contributed by atoms with Crippen molar-refractivity contribution in [2.24, 2.45) is 5.73 Å². The van der Waals surface area contributed by atoms with Gasteiger partial charge in [0.05, 0.1) is 12.2 Å². The second-order valence-corrected chi connectivity index (χ2v) is 4.93. The quantitative estimate of drug-likeness (QED) is 0.877. The minimum atomic E-state index is -0.361. The summed E-state index contributed by atoms with van der Waals surface area (Å²) in [5.41, 5.74) is 6.52. The van der Waals surface area contributed by atoms with Crippen LogP contribution in [0.2, 0.25) is 0 Å². The highest BCUT2D eigenvalue weighted by atomic mass is 16.5. The molecule has 1 aromatic carbocycles. The lowest BCUT2D eigenvalue weighted by atomic mass is 10.0. The summed E-state index contributed by atoms with van der Waals surface area (Å²) >= 11 is 0. The summed E-state index contributed by atoms with van der Waals surface area (Å²) in [4.78, 5) is 13.9. The zero-order chi connectivity index (χ0) is 13.1. The Morgan fingerprint density at radius 3 is 2.33 bits per heavy atom. The van der Waals surface area contributed by atoms with E-state index in [9.17, 15) is 4.79 Å². The van der Waals surface area contributed by atoms with E-state index in [1.807, 2.05) is 44.2 Å². The Hall–Kier alpha value is -1.39. The van der Waals surface area contributed by atoms with Gasteiger partial charge in [0.25, 0.3) is 0 Å². The smallest absolute Gasteiger partial charge is 0.239 e. The third-order valence-electron chi connectivity index (χ3n) is 3.20. The van der Waals surface area contributed by atoms with Crippen molar-refractivity contribution in [3.8, 4) is 0 Å². The van der Waals surface area contributed by atoms with Crippen LogP contribution in [0.4, 0.5) is 0 Å². The fraction of sp³-hybridized carbons (Fsp3) is 0.500. The number of morpholine rings is 1. The summed E-state index contributed by atoms with van der Waals surface area (Å²) in [6.45, 7) is 5.50. The van der Waals surface area contributed by atoms with Crippen molar-refractivity contribution in [2.75, 3.05) is 13.1 Å². The molecule has 0 unspecified atom stereocenters. The summed E-state index contributed by atoms with van der Waals surface area (Å²) in [6, 6.07) is 9.32. The van der Waals surface area contributed by atoms with Gasteiger partial charge in [-0.05, 0) is 19.4 Å². The van der Waals surface area contributed by atoms with Crippen molar-refractivity contribution in [3.63, 3.8) is 0 Å². The van der Waals surface area contributed by atoms with E-state index in [1.165, 1.54) is 0 Å². The Kier molecular flexibility index (Phi) is 3.99. The van der Waals surface area contributed by atoms with Gasteiger partial charge in [0.1, 0.15) is 6.04 Å². The lowest BCUT2D eigenvalue weighted by Gasteiger charge is -2.39. The number of carbonyl (C=O) groups excluding carboxylic acids is 1. The van der Waals surface area contributed by atoms with Crippen molar-refractivity contribution in [2.45, 2.75) is 32.1 Å². The van der Waals surface area contributed by atoms with E-state index in [2.05, 4.69) is 4.90 Å². The molecule has 1 aliphatic rings. The van der Waals surface area contributed by atoms with Crippen LogP contribution in [0.3, 0.4) is 0 Å². The number of benzene rings is 1. The normalized spacial score (nSPS) is 26.8. The highest BCUT2D eigenvalue weighted by Crippen LogP contribution is 2.24. The molecule has 1 amide bonds. The van der Waals surface area contributed by atoms with Crippen LogP contribution in [-0.4, -0.2) is 36.1 Å². The van der Waals surface area contributed by atoms with Crippen molar-refractivity contribution in [1.82, 2.24) is 4.90 Å². The molecule has 1 aromatic rings. The topological polar surface area (TPSA) is 55.6 Å². The minimum Gasteiger partial charge on any atom is -0.373 e. The van der Waals surface area contributed by atoms with E-state index in [1.54, 1.807) is 0 Å². The second-order valence-electron chi connectivity index (χ2n) is 4.93.